The Morgan fingerprint density at radius 3 is 2.00 bits per heavy atom. The quantitative estimate of drug-likeness (QED) is 0.372. The van der Waals surface area contributed by atoms with Crippen molar-refractivity contribution in [3.8, 4) is 41.2 Å². The molecule has 0 unspecified atom stereocenters. The fraction of sp³-hybridized carbons (Fsp3) is 0.167. The summed E-state index contributed by atoms with van der Waals surface area (Å²) in [6, 6.07) is 6.10. The summed E-state index contributed by atoms with van der Waals surface area (Å²) in [4.78, 5) is 37.6. The molecular weight excluding hydrogens is 423 g/mol. The van der Waals surface area contributed by atoms with E-state index in [-0.39, 0.29) is 70.7 Å². The van der Waals surface area contributed by atoms with E-state index in [4.69, 9.17) is 23.7 Å². The zero-order valence-corrected chi connectivity index (χ0v) is 19.0. The molecule has 2 heterocycles. The van der Waals surface area contributed by atoms with Gasteiger partial charge in [-0.15, -0.1) is 0 Å². The van der Waals surface area contributed by atoms with Crippen molar-refractivity contribution in [2.75, 3.05) is 21.3 Å². The number of aromatic amines is 1. The van der Waals surface area contributed by atoms with Gasteiger partial charge in [-0.25, -0.2) is 0 Å². The van der Waals surface area contributed by atoms with Gasteiger partial charge in [0.25, 0.3) is 5.56 Å². The summed E-state index contributed by atoms with van der Waals surface area (Å²) in [6.45, 7) is 0. The maximum atomic E-state index is 11.8. The number of aromatic carboxylic acids is 1. The van der Waals surface area contributed by atoms with E-state index in [9.17, 15) is 14.7 Å². The molecule has 12 nitrogen and oxygen atoms in total. The minimum absolute atomic E-state index is 0. The third kappa shape index (κ3) is 5.84. The van der Waals surface area contributed by atoms with Crippen molar-refractivity contribution in [2.45, 2.75) is 0 Å². The number of carbonyl (C=O) groups excluding carboxylic acids is 1. The molecule has 1 N–H and O–H groups in total. The monoisotopic (exact) mass is 438 g/mol. The van der Waals surface area contributed by atoms with Crippen LogP contribution in [0.25, 0.3) is 0 Å². The molecule has 3 rings (SSSR count). The van der Waals surface area contributed by atoms with E-state index < -0.39 is 17.1 Å². The Hall–Kier alpha value is -3.35. The molecule has 0 saturated heterocycles. The van der Waals surface area contributed by atoms with Crippen LogP contribution in [0.3, 0.4) is 0 Å². The molecule has 31 heavy (non-hydrogen) atoms. The van der Waals surface area contributed by atoms with Crippen LogP contribution in [-0.2, 0) is 0 Å². The first kappa shape index (κ1) is 23.9. The molecule has 0 atom stereocenters. The molecule has 0 fully saturated rings. The molecule has 0 radical (unpaired) electrons. The number of hydrogen-bond acceptors (Lipinski definition) is 11. The predicted octanol–water partition coefficient (Wildman–Crippen LogP) is -2.46. The van der Waals surface area contributed by atoms with Crippen LogP contribution in [0.1, 0.15) is 10.4 Å². The molecule has 0 bridgehead atoms. The molecular formula is C18H15N4NaO8. The molecule has 0 amide bonds. The summed E-state index contributed by atoms with van der Waals surface area (Å²) in [5.74, 6) is -1.75. The fourth-order valence-corrected chi connectivity index (χ4v) is 2.29. The second-order valence-corrected chi connectivity index (χ2v) is 5.45. The molecule has 0 saturated carbocycles. The molecule has 1 aromatic carbocycles. The van der Waals surface area contributed by atoms with Gasteiger partial charge in [0.05, 0.1) is 45.0 Å². The summed E-state index contributed by atoms with van der Waals surface area (Å²) in [5.41, 5.74) is -1.02. The van der Waals surface area contributed by atoms with Gasteiger partial charge in [0, 0.05) is 0 Å². The van der Waals surface area contributed by atoms with Crippen LogP contribution in [0.2, 0.25) is 0 Å². The zero-order valence-electron chi connectivity index (χ0n) is 17.0. The van der Waals surface area contributed by atoms with Crippen molar-refractivity contribution in [2.24, 2.45) is 0 Å². The van der Waals surface area contributed by atoms with Gasteiger partial charge in [-0.2, -0.15) is 15.0 Å². The van der Waals surface area contributed by atoms with Crippen LogP contribution in [0.5, 0.6) is 41.2 Å². The van der Waals surface area contributed by atoms with E-state index in [1.165, 1.54) is 45.6 Å². The van der Waals surface area contributed by atoms with Crippen LogP contribution in [0, 0.1) is 0 Å². The Kier molecular flexibility index (Phi) is 8.19. The fourth-order valence-electron chi connectivity index (χ4n) is 2.29. The summed E-state index contributed by atoms with van der Waals surface area (Å²) < 4.78 is 25.9. The van der Waals surface area contributed by atoms with Gasteiger partial charge in [-0.05, 0) is 12.1 Å². The second-order valence-electron chi connectivity index (χ2n) is 5.45. The Bertz CT molecular complexity index is 1120. The zero-order chi connectivity index (χ0) is 21.7. The van der Waals surface area contributed by atoms with E-state index in [1.54, 1.807) is 0 Å². The molecule has 2 aromatic heterocycles. The van der Waals surface area contributed by atoms with Gasteiger partial charge < -0.3 is 33.6 Å². The number of carboxylic acid groups (broad SMARTS) is 1. The molecule has 0 aliphatic rings. The number of ether oxygens (including phenoxy) is 5. The van der Waals surface area contributed by atoms with Crippen LogP contribution in [0.4, 0.5) is 0 Å². The number of benzene rings is 1. The standard InChI is InChI=1S/C18H16N4O8.Na/c1-26-12-7-11(23)19-17(20-12)29-9-5-4-6-10(15(9)16(24)25)30-18-21-13(27-2)8-14(22-18)28-3;/h4-8H,1-3H3,(H,24,25)(H,19,20,23);/q;+1/p-1. The second kappa shape index (κ2) is 10.6. The average molecular weight is 438 g/mol. The van der Waals surface area contributed by atoms with Crippen LogP contribution in [-0.4, -0.2) is 47.2 Å². The van der Waals surface area contributed by atoms with Gasteiger partial charge in [0.1, 0.15) is 11.5 Å². The van der Waals surface area contributed by atoms with E-state index in [0.717, 1.165) is 6.07 Å². The van der Waals surface area contributed by atoms with E-state index in [2.05, 4.69) is 19.9 Å². The first-order valence-corrected chi connectivity index (χ1v) is 8.26. The van der Waals surface area contributed by atoms with Gasteiger partial charge in [-0.3, -0.25) is 9.78 Å². The normalized spacial score (nSPS) is 9.90. The number of carbonyl (C=O) groups is 1. The minimum atomic E-state index is -1.61. The van der Waals surface area contributed by atoms with Crippen LogP contribution >= 0.6 is 0 Å². The first-order chi connectivity index (χ1) is 14.4. The van der Waals surface area contributed by atoms with Gasteiger partial charge >= 0.3 is 41.6 Å². The van der Waals surface area contributed by atoms with Crippen molar-refractivity contribution in [1.82, 2.24) is 19.9 Å². The third-order valence-corrected chi connectivity index (χ3v) is 3.58. The number of aromatic nitrogens is 4. The number of rotatable bonds is 8. The SMILES string of the molecule is COc1cc(OC)nc(Oc2cccc(Oc3nc(OC)cc(=O)[nH]3)c2C(=O)[O-])n1.[Na+]. The van der Waals surface area contributed by atoms with Crippen molar-refractivity contribution in [1.29, 1.82) is 0 Å². The smallest absolute Gasteiger partial charge is 0.545 e. The first-order valence-electron chi connectivity index (χ1n) is 8.26. The topological polar surface area (TPSA) is 158 Å². The van der Waals surface area contributed by atoms with Gasteiger partial charge in [0.15, 0.2) is 0 Å². The maximum Gasteiger partial charge on any atom is 1.00 e. The van der Waals surface area contributed by atoms with E-state index in [0.29, 0.717) is 0 Å². The van der Waals surface area contributed by atoms with Crippen LogP contribution in [0.15, 0.2) is 35.1 Å². The van der Waals surface area contributed by atoms with E-state index in [1.807, 2.05) is 0 Å². The van der Waals surface area contributed by atoms with Crippen molar-refractivity contribution < 1.29 is 63.1 Å². The Morgan fingerprint density at radius 2 is 1.45 bits per heavy atom. The molecule has 0 aliphatic carbocycles. The molecule has 13 heteroatoms. The number of H-pyrrole nitrogens is 1. The van der Waals surface area contributed by atoms with Crippen molar-refractivity contribution in [3.05, 3.63) is 46.2 Å². The number of nitrogens with one attached hydrogen (secondary N) is 1. The van der Waals surface area contributed by atoms with Gasteiger partial charge in [0.2, 0.25) is 17.6 Å². The number of carboxylic acids is 1. The van der Waals surface area contributed by atoms with Crippen molar-refractivity contribution in [3.63, 3.8) is 0 Å². The summed E-state index contributed by atoms with van der Waals surface area (Å²) >= 11 is 0. The van der Waals surface area contributed by atoms with E-state index >= 15 is 0 Å². The number of hydrogen-bond donors (Lipinski definition) is 1. The summed E-state index contributed by atoms with van der Waals surface area (Å²) in [6.07, 6.45) is 0. The number of nitrogens with zero attached hydrogens (tertiary/aromatic N) is 3. The predicted molar refractivity (Wildman–Crippen MR) is 97.5 cm³/mol. The van der Waals surface area contributed by atoms with Gasteiger partial charge in [-0.1, -0.05) is 6.07 Å². The summed E-state index contributed by atoms with van der Waals surface area (Å²) in [5, 5.41) is 11.8. The molecule has 156 valence electrons. The minimum Gasteiger partial charge on any atom is -0.545 e. The van der Waals surface area contributed by atoms with Crippen molar-refractivity contribution >= 4 is 5.97 Å². The summed E-state index contributed by atoms with van der Waals surface area (Å²) in [7, 11) is 4.08. The Labute approximate surface area is 197 Å². The van der Waals surface area contributed by atoms with Crippen LogP contribution < -0.4 is 63.9 Å². The number of methoxy groups -OCH3 is 3. The molecule has 0 aliphatic heterocycles. The largest absolute Gasteiger partial charge is 1.00 e. The average Bonchev–Trinajstić information content (AvgIpc) is 2.72. The molecule has 0 spiro atoms. The Morgan fingerprint density at radius 1 is 0.903 bits per heavy atom. The third-order valence-electron chi connectivity index (χ3n) is 3.58. The molecule has 3 aromatic rings. The Balaban J connectivity index is 0.00000341. The maximum absolute atomic E-state index is 11.8.